The number of aliphatic hydroxyl groups is 1. The molecule has 6 nitrogen and oxygen atoms in total. The molecule has 1 atom stereocenters. The van der Waals surface area contributed by atoms with E-state index in [4.69, 9.17) is 0 Å². The van der Waals surface area contributed by atoms with Gasteiger partial charge in [-0.15, -0.1) is 0 Å². The summed E-state index contributed by atoms with van der Waals surface area (Å²) in [6.07, 6.45) is 2.16. The lowest BCUT2D eigenvalue weighted by atomic mass is 10.2. The number of carbonyl (C=O) groups is 1. The zero-order valence-electron chi connectivity index (χ0n) is 8.03. The van der Waals surface area contributed by atoms with Gasteiger partial charge in [-0.05, 0) is 12.8 Å². The molecule has 0 saturated heterocycles. The van der Waals surface area contributed by atoms with Crippen LogP contribution in [0.5, 0.6) is 0 Å². The summed E-state index contributed by atoms with van der Waals surface area (Å²) in [5, 5.41) is 17.8. The summed E-state index contributed by atoms with van der Waals surface area (Å²) >= 11 is 0. The van der Waals surface area contributed by atoms with Gasteiger partial charge in [-0.2, -0.15) is 5.10 Å². The van der Waals surface area contributed by atoms with Gasteiger partial charge < -0.3 is 10.4 Å². The second-order valence-electron chi connectivity index (χ2n) is 2.94. The maximum Gasteiger partial charge on any atom is 0.288 e. The van der Waals surface area contributed by atoms with Gasteiger partial charge in [-0.3, -0.25) is 9.89 Å². The zero-order valence-corrected chi connectivity index (χ0v) is 8.03. The molecule has 14 heavy (non-hydrogen) atoms. The van der Waals surface area contributed by atoms with Gasteiger partial charge in [0, 0.05) is 6.54 Å². The fourth-order valence-electron chi connectivity index (χ4n) is 0.955. The van der Waals surface area contributed by atoms with Crippen LogP contribution in [-0.2, 0) is 0 Å². The van der Waals surface area contributed by atoms with Gasteiger partial charge >= 0.3 is 0 Å². The number of amides is 1. The van der Waals surface area contributed by atoms with E-state index >= 15 is 0 Å². The third-order valence-corrected chi connectivity index (χ3v) is 1.86. The van der Waals surface area contributed by atoms with Crippen LogP contribution >= 0.6 is 0 Å². The minimum absolute atomic E-state index is 0.191. The van der Waals surface area contributed by atoms with Crippen LogP contribution < -0.4 is 5.32 Å². The Morgan fingerprint density at radius 3 is 3.14 bits per heavy atom. The summed E-state index contributed by atoms with van der Waals surface area (Å²) in [5.74, 6) is -0.109. The van der Waals surface area contributed by atoms with Crippen molar-refractivity contribution in [3.63, 3.8) is 0 Å². The molecule has 0 aliphatic carbocycles. The molecule has 1 amide bonds. The van der Waals surface area contributed by atoms with Crippen molar-refractivity contribution in [1.29, 1.82) is 0 Å². The Labute approximate surface area is 81.7 Å². The summed E-state index contributed by atoms with van der Waals surface area (Å²) in [6, 6.07) is 0. The first-order valence-corrected chi connectivity index (χ1v) is 4.55. The van der Waals surface area contributed by atoms with Crippen molar-refractivity contribution in [2.45, 2.75) is 25.9 Å². The van der Waals surface area contributed by atoms with Crippen LogP contribution in [0.4, 0.5) is 0 Å². The zero-order chi connectivity index (χ0) is 10.4. The highest BCUT2D eigenvalue weighted by Gasteiger charge is 2.08. The number of carbonyl (C=O) groups excluding carboxylic acids is 1. The van der Waals surface area contributed by atoms with E-state index in [0.29, 0.717) is 19.4 Å². The number of rotatable bonds is 5. The van der Waals surface area contributed by atoms with Gasteiger partial charge in [-0.25, -0.2) is 4.98 Å². The van der Waals surface area contributed by atoms with Crippen molar-refractivity contribution in [1.82, 2.24) is 20.5 Å². The van der Waals surface area contributed by atoms with Crippen molar-refractivity contribution in [2.75, 3.05) is 6.54 Å². The summed E-state index contributed by atoms with van der Waals surface area (Å²) in [5.41, 5.74) is 0. The van der Waals surface area contributed by atoms with E-state index in [1.807, 2.05) is 6.92 Å². The van der Waals surface area contributed by atoms with Crippen molar-refractivity contribution < 1.29 is 9.90 Å². The number of hydrogen-bond donors (Lipinski definition) is 3. The van der Waals surface area contributed by atoms with Crippen LogP contribution in [0.1, 0.15) is 30.4 Å². The minimum atomic E-state index is -0.356. The van der Waals surface area contributed by atoms with Crippen molar-refractivity contribution in [3.05, 3.63) is 12.2 Å². The van der Waals surface area contributed by atoms with Gasteiger partial charge in [0.1, 0.15) is 6.33 Å². The molecule has 1 heterocycles. The first kappa shape index (κ1) is 10.6. The first-order chi connectivity index (χ1) is 6.74. The van der Waals surface area contributed by atoms with Gasteiger partial charge in [-0.1, -0.05) is 6.92 Å². The van der Waals surface area contributed by atoms with E-state index in [0.717, 1.165) is 0 Å². The average molecular weight is 198 g/mol. The third-order valence-electron chi connectivity index (χ3n) is 1.86. The minimum Gasteiger partial charge on any atom is -0.393 e. The number of nitrogens with one attached hydrogen (secondary N) is 2. The second kappa shape index (κ2) is 5.33. The maximum absolute atomic E-state index is 11.2. The molecular formula is C8H14N4O2. The van der Waals surface area contributed by atoms with Gasteiger partial charge in [0.05, 0.1) is 6.10 Å². The Bertz CT molecular complexity index is 273. The Morgan fingerprint density at radius 1 is 1.79 bits per heavy atom. The molecule has 1 aromatic heterocycles. The highest BCUT2D eigenvalue weighted by molar-refractivity contribution is 5.90. The topological polar surface area (TPSA) is 90.9 Å². The SMILES string of the molecule is CCC(O)CCNC(=O)c1ncn[nH]1. The Balaban J connectivity index is 2.23. The summed E-state index contributed by atoms with van der Waals surface area (Å²) in [7, 11) is 0. The smallest absolute Gasteiger partial charge is 0.288 e. The van der Waals surface area contributed by atoms with Crippen LogP contribution in [0.3, 0.4) is 0 Å². The Hall–Kier alpha value is -1.43. The normalized spacial score (nSPS) is 12.4. The highest BCUT2D eigenvalue weighted by atomic mass is 16.3. The first-order valence-electron chi connectivity index (χ1n) is 4.55. The molecule has 78 valence electrons. The molecule has 1 aromatic rings. The number of aliphatic hydroxyl groups excluding tert-OH is 1. The summed E-state index contributed by atoms with van der Waals surface area (Å²) in [4.78, 5) is 14.9. The van der Waals surface area contributed by atoms with Crippen molar-refractivity contribution >= 4 is 5.91 Å². The van der Waals surface area contributed by atoms with Gasteiger partial charge in [0.25, 0.3) is 5.91 Å². The fourth-order valence-corrected chi connectivity index (χ4v) is 0.955. The van der Waals surface area contributed by atoms with E-state index < -0.39 is 0 Å². The lowest BCUT2D eigenvalue weighted by Gasteiger charge is -2.07. The molecule has 1 unspecified atom stereocenters. The van der Waals surface area contributed by atoms with Crippen LogP contribution in [0, 0.1) is 0 Å². The average Bonchev–Trinajstić information content (AvgIpc) is 2.70. The molecule has 3 N–H and O–H groups in total. The van der Waals surface area contributed by atoms with E-state index in [1.54, 1.807) is 0 Å². The number of hydrogen-bond acceptors (Lipinski definition) is 4. The molecule has 6 heteroatoms. The molecule has 0 fully saturated rings. The van der Waals surface area contributed by atoms with Crippen LogP contribution in [0.2, 0.25) is 0 Å². The van der Waals surface area contributed by atoms with Crippen LogP contribution in [0.25, 0.3) is 0 Å². The molecule has 0 radical (unpaired) electrons. The molecule has 0 aromatic carbocycles. The molecular weight excluding hydrogens is 184 g/mol. The molecule has 0 bridgehead atoms. The second-order valence-corrected chi connectivity index (χ2v) is 2.94. The number of nitrogens with zero attached hydrogens (tertiary/aromatic N) is 2. The largest absolute Gasteiger partial charge is 0.393 e. The molecule has 0 aliphatic rings. The predicted molar refractivity (Wildman–Crippen MR) is 49.6 cm³/mol. The van der Waals surface area contributed by atoms with E-state index in [9.17, 15) is 9.90 Å². The summed E-state index contributed by atoms with van der Waals surface area (Å²) in [6.45, 7) is 2.33. The van der Waals surface area contributed by atoms with E-state index in [2.05, 4.69) is 20.5 Å². The quantitative estimate of drug-likeness (QED) is 0.605. The number of aromatic amines is 1. The Kier molecular flexibility index (Phi) is 4.06. The van der Waals surface area contributed by atoms with Crippen molar-refractivity contribution in [3.8, 4) is 0 Å². The van der Waals surface area contributed by atoms with E-state index in [-0.39, 0.29) is 17.8 Å². The maximum atomic E-state index is 11.2. The highest BCUT2D eigenvalue weighted by Crippen LogP contribution is 1.94. The van der Waals surface area contributed by atoms with Gasteiger partial charge in [0.15, 0.2) is 0 Å². The predicted octanol–water partition coefficient (Wildman–Crippen LogP) is -0.305. The fraction of sp³-hybridized carbons (Fsp3) is 0.625. The summed E-state index contributed by atoms with van der Waals surface area (Å²) < 4.78 is 0. The van der Waals surface area contributed by atoms with Crippen LogP contribution in [-0.4, -0.2) is 38.8 Å². The molecule has 0 saturated carbocycles. The monoisotopic (exact) mass is 198 g/mol. The Morgan fingerprint density at radius 2 is 2.57 bits per heavy atom. The molecule has 0 spiro atoms. The lowest BCUT2D eigenvalue weighted by molar-refractivity contribution is 0.0932. The van der Waals surface area contributed by atoms with E-state index in [1.165, 1.54) is 6.33 Å². The number of H-pyrrole nitrogens is 1. The van der Waals surface area contributed by atoms with Crippen molar-refractivity contribution in [2.24, 2.45) is 0 Å². The molecule has 1 rings (SSSR count). The number of aromatic nitrogens is 3. The standard InChI is InChI=1S/C8H14N4O2/c1-2-6(13)3-4-9-8(14)7-10-5-11-12-7/h5-6,13H,2-4H2,1H3,(H,9,14)(H,10,11,12). The van der Waals surface area contributed by atoms with Gasteiger partial charge in [0.2, 0.25) is 5.82 Å². The van der Waals surface area contributed by atoms with Crippen LogP contribution in [0.15, 0.2) is 6.33 Å². The molecule has 0 aliphatic heterocycles. The lowest BCUT2D eigenvalue weighted by Crippen LogP contribution is -2.27. The third kappa shape index (κ3) is 3.14.